The molecule has 0 saturated heterocycles. The third-order valence-corrected chi connectivity index (χ3v) is 5.86. The van der Waals surface area contributed by atoms with Crippen molar-refractivity contribution in [2.45, 2.75) is 50.1 Å². The number of alkyl halides is 3. The zero-order chi connectivity index (χ0) is 21.2. The topological polar surface area (TPSA) is 79.9 Å². The van der Waals surface area contributed by atoms with E-state index >= 15 is 0 Å². The maximum atomic E-state index is 12.8. The molecule has 2 rings (SSSR count). The van der Waals surface area contributed by atoms with Crippen molar-refractivity contribution in [1.82, 2.24) is 4.72 Å². The maximum Gasteiger partial charge on any atom is 0.422 e. The minimum absolute atomic E-state index is 0.0121. The van der Waals surface area contributed by atoms with Crippen molar-refractivity contribution in [2.24, 2.45) is 0 Å². The van der Waals surface area contributed by atoms with Crippen molar-refractivity contribution in [2.75, 3.05) is 20.3 Å². The van der Waals surface area contributed by atoms with Crippen LogP contribution >= 0.6 is 0 Å². The first-order valence-corrected chi connectivity index (χ1v) is 9.75. The minimum atomic E-state index is -4.46. The lowest BCUT2D eigenvalue weighted by molar-refractivity contribution is -0.153. The normalized spacial score (nSPS) is 20.7. The predicted molar refractivity (Wildman–Crippen MR) is 97.4 cm³/mol. The smallest absolute Gasteiger partial charge is 0.422 e. The summed E-state index contributed by atoms with van der Waals surface area (Å²) in [7, 11) is 1.26. The number of ether oxygens (including phenoxy) is 3. The molecule has 1 heterocycles. The zero-order valence-electron chi connectivity index (χ0n) is 16.1. The quantitative estimate of drug-likeness (QED) is 0.559. The average Bonchev–Trinajstić information content (AvgIpc) is 2.58. The van der Waals surface area contributed by atoms with E-state index in [9.17, 15) is 22.5 Å². The number of rotatable bonds is 6. The second-order valence-corrected chi connectivity index (χ2v) is 9.44. The summed E-state index contributed by atoms with van der Waals surface area (Å²) in [6, 6.07) is 4.23. The van der Waals surface area contributed by atoms with Crippen molar-refractivity contribution in [1.29, 1.82) is 0 Å². The Bertz CT molecular complexity index is 707. The van der Waals surface area contributed by atoms with Crippen LogP contribution in [0, 0.1) is 0 Å². The average molecular weight is 423 g/mol. The molecule has 1 aromatic rings. The van der Waals surface area contributed by atoms with E-state index in [-0.39, 0.29) is 24.5 Å². The largest absolute Gasteiger partial charge is 0.598 e. The van der Waals surface area contributed by atoms with E-state index in [0.717, 1.165) is 0 Å². The number of benzene rings is 1. The summed E-state index contributed by atoms with van der Waals surface area (Å²) in [5.41, 5.74) is -0.525. The number of fused-ring (bicyclic) bond motifs is 1. The molecule has 0 amide bonds. The molecule has 10 heteroatoms. The van der Waals surface area contributed by atoms with Gasteiger partial charge in [0.05, 0.1) is 20.1 Å². The lowest BCUT2D eigenvalue weighted by Crippen LogP contribution is -2.54. The number of esters is 1. The molecule has 2 atom stereocenters. The molecule has 1 N–H and O–H groups in total. The van der Waals surface area contributed by atoms with Crippen molar-refractivity contribution >= 4 is 17.3 Å². The van der Waals surface area contributed by atoms with Gasteiger partial charge in [0, 0.05) is 29.4 Å². The molecule has 0 aromatic heterocycles. The van der Waals surface area contributed by atoms with Crippen LogP contribution in [-0.2, 0) is 26.4 Å². The molecule has 0 saturated carbocycles. The summed E-state index contributed by atoms with van der Waals surface area (Å²) < 4.78 is 67.5. The first-order valence-electron chi connectivity index (χ1n) is 8.60. The first-order chi connectivity index (χ1) is 12.9. The highest BCUT2D eigenvalue weighted by atomic mass is 32.2. The molecule has 0 bridgehead atoms. The Morgan fingerprint density at radius 1 is 1.36 bits per heavy atom. The van der Waals surface area contributed by atoms with Gasteiger partial charge in [-0.2, -0.15) is 13.2 Å². The highest BCUT2D eigenvalue weighted by Crippen LogP contribution is 2.42. The molecular formula is C18H24F3NO5S. The van der Waals surface area contributed by atoms with E-state index < -0.39 is 40.4 Å². The zero-order valence-corrected chi connectivity index (χ0v) is 17.0. The van der Waals surface area contributed by atoms with E-state index in [1.165, 1.54) is 25.3 Å². The van der Waals surface area contributed by atoms with Gasteiger partial charge >= 0.3 is 12.1 Å². The summed E-state index contributed by atoms with van der Waals surface area (Å²) in [6.45, 7) is 4.12. The van der Waals surface area contributed by atoms with Crippen LogP contribution in [0.3, 0.4) is 0 Å². The van der Waals surface area contributed by atoms with Crippen LogP contribution in [0.1, 0.15) is 39.2 Å². The number of halogens is 3. The van der Waals surface area contributed by atoms with Gasteiger partial charge in [-0.15, -0.1) is 4.72 Å². The fourth-order valence-corrected chi connectivity index (χ4v) is 3.66. The molecule has 0 spiro atoms. The van der Waals surface area contributed by atoms with Gasteiger partial charge in [-0.05, 0) is 32.9 Å². The number of hydrogen-bond donors (Lipinski definition) is 1. The molecule has 0 aliphatic carbocycles. The van der Waals surface area contributed by atoms with Crippen molar-refractivity contribution < 1.29 is 36.7 Å². The molecule has 1 aliphatic rings. The lowest BCUT2D eigenvalue weighted by Gasteiger charge is -2.40. The van der Waals surface area contributed by atoms with Crippen LogP contribution in [0.25, 0.3) is 0 Å². The van der Waals surface area contributed by atoms with Gasteiger partial charge in [-0.25, -0.2) is 0 Å². The summed E-state index contributed by atoms with van der Waals surface area (Å²) in [4.78, 5) is 12.1. The lowest BCUT2D eigenvalue weighted by atomic mass is 9.82. The van der Waals surface area contributed by atoms with Gasteiger partial charge in [0.15, 0.2) is 6.61 Å². The van der Waals surface area contributed by atoms with E-state index in [0.29, 0.717) is 12.0 Å². The van der Waals surface area contributed by atoms with Gasteiger partial charge in [0.1, 0.15) is 21.8 Å². The van der Waals surface area contributed by atoms with Crippen LogP contribution in [0.5, 0.6) is 11.5 Å². The van der Waals surface area contributed by atoms with E-state index in [4.69, 9.17) is 14.2 Å². The van der Waals surface area contributed by atoms with Crippen LogP contribution in [0.15, 0.2) is 18.2 Å². The third kappa shape index (κ3) is 5.68. The molecule has 0 unspecified atom stereocenters. The second-order valence-electron chi connectivity index (χ2n) is 7.48. The minimum Gasteiger partial charge on any atom is -0.598 e. The molecule has 6 nitrogen and oxygen atoms in total. The first kappa shape index (κ1) is 22.6. The highest BCUT2D eigenvalue weighted by molar-refractivity contribution is 7.90. The summed E-state index contributed by atoms with van der Waals surface area (Å²) >= 11 is -1.51. The summed E-state index contributed by atoms with van der Waals surface area (Å²) in [5.74, 6) is -0.251. The Kier molecular flexibility index (Phi) is 6.78. The molecule has 0 radical (unpaired) electrons. The van der Waals surface area contributed by atoms with Crippen LogP contribution in [0.4, 0.5) is 13.2 Å². The maximum absolute atomic E-state index is 12.8. The third-order valence-electron chi connectivity index (χ3n) is 4.18. The Labute approximate surface area is 165 Å². The van der Waals surface area contributed by atoms with E-state index in [1.807, 2.05) is 0 Å². The fraction of sp³-hybridized carbons (Fsp3) is 0.611. The van der Waals surface area contributed by atoms with E-state index in [2.05, 4.69) is 4.72 Å². The number of hydrogen-bond acceptors (Lipinski definition) is 6. The number of carbonyl (C=O) groups excluding carboxylic acids is 1. The van der Waals surface area contributed by atoms with Crippen LogP contribution in [0.2, 0.25) is 0 Å². The van der Waals surface area contributed by atoms with E-state index in [1.54, 1.807) is 20.8 Å². The Balaban J connectivity index is 2.38. The van der Waals surface area contributed by atoms with Gasteiger partial charge < -0.3 is 18.8 Å². The number of methoxy groups -OCH3 is 1. The van der Waals surface area contributed by atoms with Crippen molar-refractivity contribution in [3.63, 3.8) is 0 Å². The molecular weight excluding hydrogens is 399 g/mol. The SMILES string of the molecule is COC(=O)C[C@@]1(N[S@+]([O-])C(C)(C)C)CCOc2cc(OCC(F)(F)F)ccc21. The molecule has 28 heavy (non-hydrogen) atoms. The Morgan fingerprint density at radius 3 is 2.61 bits per heavy atom. The monoisotopic (exact) mass is 423 g/mol. The Hall–Kier alpha value is -1.65. The molecule has 0 fully saturated rings. The standard InChI is InChI=1S/C18H24F3NO5S/c1-16(2,3)28(24)22-17(10-15(23)25-4)7-8-26-14-9-12(5-6-13(14)17)27-11-18(19,20)21/h5-6,9,22H,7-8,10-11H2,1-4H3/t17-,28+/m0/s1. The summed E-state index contributed by atoms with van der Waals surface area (Å²) in [5, 5.41) is 0. The highest BCUT2D eigenvalue weighted by Gasteiger charge is 2.46. The summed E-state index contributed by atoms with van der Waals surface area (Å²) in [6.07, 6.45) is -4.24. The fourth-order valence-electron chi connectivity index (χ4n) is 2.72. The Morgan fingerprint density at radius 2 is 2.04 bits per heavy atom. The number of nitrogens with one attached hydrogen (secondary N) is 1. The van der Waals surface area contributed by atoms with Gasteiger partial charge in [-0.3, -0.25) is 4.79 Å². The van der Waals surface area contributed by atoms with Gasteiger partial charge in [0.25, 0.3) is 0 Å². The molecule has 1 aromatic carbocycles. The second kappa shape index (κ2) is 8.38. The van der Waals surface area contributed by atoms with Gasteiger partial charge in [-0.1, -0.05) is 0 Å². The predicted octanol–water partition coefficient (Wildman–Crippen LogP) is 3.22. The van der Waals surface area contributed by atoms with Gasteiger partial charge in [0.2, 0.25) is 0 Å². The molecule has 1 aliphatic heterocycles. The van der Waals surface area contributed by atoms with Crippen molar-refractivity contribution in [3.05, 3.63) is 23.8 Å². The molecule has 158 valence electrons. The van der Waals surface area contributed by atoms with Crippen LogP contribution in [-0.4, -0.2) is 41.8 Å². The van der Waals surface area contributed by atoms with Crippen molar-refractivity contribution in [3.8, 4) is 11.5 Å². The number of carbonyl (C=O) groups is 1. The van der Waals surface area contributed by atoms with Crippen LogP contribution < -0.4 is 14.2 Å².